The van der Waals surface area contributed by atoms with E-state index in [1.54, 1.807) is 24.3 Å². The van der Waals surface area contributed by atoms with E-state index in [4.69, 9.17) is 0 Å². The van der Waals surface area contributed by atoms with Crippen molar-refractivity contribution in [1.29, 1.82) is 0 Å². The molecule has 0 unspecified atom stereocenters. The largest absolute Gasteiger partial charge is 0.480 e. The third-order valence-corrected chi connectivity index (χ3v) is 3.99. The zero-order valence-electron chi connectivity index (χ0n) is 15.7. The number of anilines is 1. The second-order valence-electron chi connectivity index (χ2n) is 6.89. The molecule has 0 aliphatic carbocycles. The number of amides is 2. The van der Waals surface area contributed by atoms with E-state index in [1.807, 2.05) is 19.9 Å². The summed E-state index contributed by atoms with van der Waals surface area (Å²) in [5.74, 6) is -2.84. The number of hydrogen-bond acceptors (Lipinski definition) is 3. The molecule has 0 aliphatic rings. The van der Waals surface area contributed by atoms with Crippen LogP contribution in [0.4, 0.5) is 10.1 Å². The maximum atomic E-state index is 14.2. The number of carbonyl (C=O) groups excluding carboxylic acids is 2. The minimum absolute atomic E-state index is 0.0266. The van der Waals surface area contributed by atoms with Crippen LogP contribution >= 0.6 is 0 Å². The molecule has 2 amide bonds. The average molecular weight is 386 g/mol. The predicted molar refractivity (Wildman–Crippen MR) is 104 cm³/mol. The van der Waals surface area contributed by atoms with Crippen LogP contribution in [0.2, 0.25) is 0 Å². The van der Waals surface area contributed by atoms with E-state index in [0.717, 1.165) is 11.6 Å². The Morgan fingerprint density at radius 2 is 1.75 bits per heavy atom. The van der Waals surface area contributed by atoms with Crippen molar-refractivity contribution in [2.45, 2.75) is 32.7 Å². The SMILES string of the molecule is CC(C)CC(=O)Nc1ccc(C(=O)N[C@@H](Cc2ccccc2)C(=O)O)cc1F. The summed E-state index contributed by atoms with van der Waals surface area (Å²) >= 11 is 0. The molecule has 0 saturated heterocycles. The van der Waals surface area contributed by atoms with Gasteiger partial charge in [-0.2, -0.15) is 0 Å². The van der Waals surface area contributed by atoms with Crippen LogP contribution in [-0.2, 0) is 16.0 Å². The molecule has 28 heavy (non-hydrogen) atoms. The highest BCUT2D eigenvalue weighted by atomic mass is 19.1. The number of benzene rings is 2. The summed E-state index contributed by atoms with van der Waals surface area (Å²) in [6, 6.07) is 11.3. The van der Waals surface area contributed by atoms with Crippen LogP contribution in [0, 0.1) is 11.7 Å². The Balaban J connectivity index is 2.07. The van der Waals surface area contributed by atoms with E-state index >= 15 is 0 Å². The van der Waals surface area contributed by atoms with Crippen LogP contribution in [0.15, 0.2) is 48.5 Å². The Morgan fingerprint density at radius 1 is 1.07 bits per heavy atom. The molecular formula is C21H23FN2O4. The molecule has 1 atom stereocenters. The lowest BCUT2D eigenvalue weighted by molar-refractivity contribution is -0.139. The van der Waals surface area contributed by atoms with Gasteiger partial charge in [-0.15, -0.1) is 0 Å². The molecule has 0 saturated carbocycles. The molecule has 0 fully saturated rings. The molecule has 0 heterocycles. The second kappa shape index (κ2) is 9.64. The number of aliphatic carboxylic acids is 1. The van der Waals surface area contributed by atoms with Crippen LogP contribution < -0.4 is 10.6 Å². The highest BCUT2D eigenvalue weighted by molar-refractivity contribution is 5.97. The van der Waals surface area contributed by atoms with Crippen LogP contribution in [-0.4, -0.2) is 28.9 Å². The highest BCUT2D eigenvalue weighted by Gasteiger charge is 2.22. The first kappa shape index (κ1) is 21.1. The van der Waals surface area contributed by atoms with E-state index < -0.39 is 23.7 Å². The monoisotopic (exact) mass is 386 g/mol. The smallest absolute Gasteiger partial charge is 0.326 e. The molecule has 2 rings (SSSR count). The maximum absolute atomic E-state index is 14.2. The minimum Gasteiger partial charge on any atom is -0.480 e. The third-order valence-electron chi connectivity index (χ3n) is 3.99. The van der Waals surface area contributed by atoms with E-state index in [9.17, 15) is 23.9 Å². The van der Waals surface area contributed by atoms with Crippen molar-refractivity contribution >= 4 is 23.5 Å². The lowest BCUT2D eigenvalue weighted by Crippen LogP contribution is -2.42. The molecule has 0 aromatic heterocycles. The molecule has 0 bridgehead atoms. The minimum atomic E-state index is -1.18. The van der Waals surface area contributed by atoms with E-state index in [1.165, 1.54) is 12.1 Å². The van der Waals surface area contributed by atoms with Gasteiger partial charge in [0.25, 0.3) is 5.91 Å². The van der Waals surface area contributed by atoms with Crippen molar-refractivity contribution in [3.8, 4) is 0 Å². The van der Waals surface area contributed by atoms with Crippen LogP contribution in [0.1, 0.15) is 36.2 Å². The van der Waals surface area contributed by atoms with Crippen molar-refractivity contribution in [1.82, 2.24) is 5.32 Å². The zero-order valence-corrected chi connectivity index (χ0v) is 15.7. The normalized spacial score (nSPS) is 11.7. The molecular weight excluding hydrogens is 363 g/mol. The molecule has 6 nitrogen and oxygen atoms in total. The Hall–Kier alpha value is -3.22. The van der Waals surface area contributed by atoms with Gasteiger partial charge in [-0.1, -0.05) is 44.2 Å². The van der Waals surface area contributed by atoms with Gasteiger partial charge in [0.15, 0.2) is 0 Å². The molecule has 0 radical (unpaired) electrons. The van der Waals surface area contributed by atoms with Crippen molar-refractivity contribution in [3.63, 3.8) is 0 Å². The fourth-order valence-corrected chi connectivity index (χ4v) is 2.62. The summed E-state index contributed by atoms with van der Waals surface area (Å²) in [4.78, 5) is 35.6. The summed E-state index contributed by atoms with van der Waals surface area (Å²) < 4.78 is 14.2. The summed E-state index contributed by atoms with van der Waals surface area (Å²) in [6.45, 7) is 3.75. The van der Waals surface area contributed by atoms with Gasteiger partial charge in [-0.3, -0.25) is 9.59 Å². The van der Waals surface area contributed by atoms with Gasteiger partial charge in [-0.05, 0) is 29.7 Å². The topological polar surface area (TPSA) is 95.5 Å². The van der Waals surface area contributed by atoms with Gasteiger partial charge >= 0.3 is 5.97 Å². The molecule has 3 N–H and O–H groups in total. The quantitative estimate of drug-likeness (QED) is 0.649. The Labute approximate surface area is 162 Å². The molecule has 2 aromatic carbocycles. The van der Waals surface area contributed by atoms with Crippen molar-refractivity contribution in [2.24, 2.45) is 5.92 Å². The molecule has 0 aliphatic heterocycles. The molecule has 2 aromatic rings. The lowest BCUT2D eigenvalue weighted by Gasteiger charge is -2.15. The number of carbonyl (C=O) groups is 3. The van der Waals surface area contributed by atoms with Crippen LogP contribution in [0.25, 0.3) is 0 Å². The number of rotatable bonds is 8. The van der Waals surface area contributed by atoms with Crippen LogP contribution in [0.5, 0.6) is 0 Å². The van der Waals surface area contributed by atoms with Gasteiger partial charge < -0.3 is 15.7 Å². The van der Waals surface area contributed by atoms with Crippen molar-refractivity contribution in [3.05, 3.63) is 65.5 Å². The van der Waals surface area contributed by atoms with Gasteiger partial charge in [0.05, 0.1) is 5.69 Å². The Bertz CT molecular complexity index is 853. The fraction of sp³-hybridized carbons (Fsp3) is 0.286. The number of carboxylic acids is 1. The number of halogens is 1. The van der Waals surface area contributed by atoms with Gasteiger partial charge in [0, 0.05) is 18.4 Å². The van der Waals surface area contributed by atoms with E-state index in [0.29, 0.717) is 0 Å². The first-order chi connectivity index (χ1) is 13.3. The maximum Gasteiger partial charge on any atom is 0.326 e. The number of nitrogens with one attached hydrogen (secondary N) is 2. The summed E-state index contributed by atoms with van der Waals surface area (Å²) in [5.41, 5.74) is 0.699. The van der Waals surface area contributed by atoms with E-state index in [2.05, 4.69) is 10.6 Å². The van der Waals surface area contributed by atoms with Gasteiger partial charge in [0.1, 0.15) is 11.9 Å². The van der Waals surface area contributed by atoms with E-state index in [-0.39, 0.29) is 35.9 Å². The number of carboxylic acid groups (broad SMARTS) is 1. The first-order valence-corrected chi connectivity index (χ1v) is 8.93. The molecule has 7 heteroatoms. The first-order valence-electron chi connectivity index (χ1n) is 8.93. The lowest BCUT2D eigenvalue weighted by atomic mass is 10.1. The van der Waals surface area contributed by atoms with Crippen molar-refractivity contribution in [2.75, 3.05) is 5.32 Å². The zero-order chi connectivity index (χ0) is 20.7. The van der Waals surface area contributed by atoms with Crippen molar-refractivity contribution < 1.29 is 23.9 Å². The number of hydrogen-bond donors (Lipinski definition) is 3. The van der Waals surface area contributed by atoms with Crippen LogP contribution in [0.3, 0.4) is 0 Å². The fourth-order valence-electron chi connectivity index (χ4n) is 2.62. The second-order valence-corrected chi connectivity index (χ2v) is 6.89. The standard InChI is InChI=1S/C21H23FN2O4/c1-13(2)10-19(25)23-17-9-8-15(12-16(17)22)20(26)24-18(21(27)28)11-14-6-4-3-5-7-14/h3-9,12-13,18H,10-11H2,1-2H3,(H,23,25)(H,24,26)(H,27,28)/t18-/m0/s1. The Morgan fingerprint density at radius 3 is 2.32 bits per heavy atom. The highest BCUT2D eigenvalue weighted by Crippen LogP contribution is 2.17. The third kappa shape index (κ3) is 6.19. The summed E-state index contributed by atoms with van der Waals surface area (Å²) in [6.07, 6.45) is 0.356. The Kier molecular flexibility index (Phi) is 7.26. The molecule has 148 valence electrons. The molecule has 0 spiro atoms. The predicted octanol–water partition coefficient (Wildman–Crippen LogP) is 3.24. The summed E-state index contributed by atoms with van der Waals surface area (Å²) in [5, 5.41) is 14.2. The van der Waals surface area contributed by atoms with Gasteiger partial charge in [-0.25, -0.2) is 9.18 Å². The van der Waals surface area contributed by atoms with Gasteiger partial charge in [0.2, 0.25) is 5.91 Å². The summed E-state index contributed by atoms with van der Waals surface area (Å²) in [7, 11) is 0. The average Bonchev–Trinajstić information content (AvgIpc) is 2.62.